The number of hydrogen-bond acceptors (Lipinski definition) is 2. The topological polar surface area (TPSA) is 32.3 Å². The molecule has 1 aliphatic rings. The van der Waals surface area contributed by atoms with Crippen molar-refractivity contribution < 1.29 is 5.11 Å². The minimum atomic E-state index is -0.0907. The van der Waals surface area contributed by atoms with Crippen molar-refractivity contribution in [1.82, 2.24) is 5.32 Å². The van der Waals surface area contributed by atoms with Gasteiger partial charge in [0.15, 0.2) is 0 Å². The van der Waals surface area contributed by atoms with Gasteiger partial charge in [0.1, 0.15) is 0 Å². The smallest absolute Gasteiger partial charge is 0.0555 e. The van der Waals surface area contributed by atoms with Gasteiger partial charge < -0.3 is 10.4 Å². The van der Waals surface area contributed by atoms with Crippen molar-refractivity contribution in [3.63, 3.8) is 0 Å². The number of hydrogen-bond donors (Lipinski definition) is 2. The van der Waals surface area contributed by atoms with Crippen LogP contribution in [0.4, 0.5) is 0 Å². The molecule has 0 aromatic heterocycles. The fraction of sp³-hybridized carbons (Fsp3) is 0.538. The number of nitrogens with one attached hydrogen (secondary N) is 1. The Morgan fingerprint density at radius 3 is 2.73 bits per heavy atom. The first-order chi connectivity index (χ1) is 7.34. The van der Waals surface area contributed by atoms with E-state index in [1.54, 1.807) is 0 Å². The minimum Gasteiger partial charge on any atom is -0.393 e. The molecule has 0 amide bonds. The van der Waals surface area contributed by atoms with Crippen LogP contribution in [0, 0.1) is 0 Å². The van der Waals surface area contributed by atoms with Crippen LogP contribution in [0.15, 0.2) is 30.3 Å². The van der Waals surface area contributed by atoms with E-state index in [1.165, 1.54) is 12.0 Å². The quantitative estimate of drug-likeness (QED) is 0.792. The number of aliphatic hydroxyl groups excluding tert-OH is 1. The molecule has 1 aromatic rings. The summed E-state index contributed by atoms with van der Waals surface area (Å²) < 4.78 is 0. The van der Waals surface area contributed by atoms with Crippen molar-refractivity contribution in [1.29, 1.82) is 0 Å². The van der Waals surface area contributed by atoms with Crippen molar-refractivity contribution in [2.75, 3.05) is 0 Å². The van der Waals surface area contributed by atoms with Crippen LogP contribution in [0.5, 0.6) is 0 Å². The Kier molecular flexibility index (Phi) is 3.75. The summed E-state index contributed by atoms with van der Waals surface area (Å²) in [5.41, 5.74) is 1.32. The zero-order chi connectivity index (χ0) is 10.5. The maximum Gasteiger partial charge on any atom is 0.0555 e. The van der Waals surface area contributed by atoms with Crippen molar-refractivity contribution in [3.8, 4) is 0 Å². The molecule has 0 heterocycles. The molecule has 0 radical (unpaired) electrons. The third kappa shape index (κ3) is 3.33. The number of rotatable bonds is 3. The van der Waals surface area contributed by atoms with Crippen LogP contribution >= 0.6 is 0 Å². The summed E-state index contributed by atoms with van der Waals surface area (Å²) in [4.78, 5) is 0. The van der Waals surface area contributed by atoms with E-state index in [0.29, 0.717) is 6.04 Å². The summed E-state index contributed by atoms with van der Waals surface area (Å²) in [5, 5.41) is 13.0. The van der Waals surface area contributed by atoms with Crippen LogP contribution in [-0.4, -0.2) is 17.3 Å². The Labute approximate surface area is 91.3 Å². The fourth-order valence-electron chi connectivity index (χ4n) is 2.21. The zero-order valence-corrected chi connectivity index (χ0v) is 9.02. The van der Waals surface area contributed by atoms with Crippen LogP contribution < -0.4 is 5.32 Å². The molecule has 1 fully saturated rings. The average Bonchev–Trinajstić information content (AvgIpc) is 2.28. The molecule has 2 atom stereocenters. The van der Waals surface area contributed by atoms with E-state index in [-0.39, 0.29) is 6.10 Å². The maximum absolute atomic E-state index is 9.54. The van der Waals surface area contributed by atoms with Gasteiger partial charge in [-0.05, 0) is 31.2 Å². The lowest BCUT2D eigenvalue weighted by atomic mass is 9.93. The molecule has 0 saturated heterocycles. The van der Waals surface area contributed by atoms with E-state index in [9.17, 15) is 5.11 Å². The number of benzene rings is 1. The normalized spacial score (nSPS) is 26.5. The van der Waals surface area contributed by atoms with Crippen LogP contribution in [0.3, 0.4) is 0 Å². The molecule has 2 heteroatoms. The molecular formula is C13H19NO. The van der Waals surface area contributed by atoms with Crippen LogP contribution in [0.1, 0.15) is 31.2 Å². The molecule has 1 aliphatic carbocycles. The lowest BCUT2D eigenvalue weighted by Gasteiger charge is -2.26. The highest BCUT2D eigenvalue weighted by atomic mass is 16.3. The molecule has 82 valence electrons. The second kappa shape index (κ2) is 5.29. The van der Waals surface area contributed by atoms with Gasteiger partial charge in [0, 0.05) is 12.6 Å². The molecule has 2 nitrogen and oxygen atoms in total. The van der Waals surface area contributed by atoms with E-state index >= 15 is 0 Å². The molecule has 2 rings (SSSR count). The summed E-state index contributed by atoms with van der Waals surface area (Å²) in [5.74, 6) is 0. The van der Waals surface area contributed by atoms with E-state index in [4.69, 9.17) is 0 Å². The molecule has 1 saturated carbocycles. The fourth-order valence-corrected chi connectivity index (χ4v) is 2.21. The summed E-state index contributed by atoms with van der Waals surface area (Å²) in [7, 11) is 0. The Balaban J connectivity index is 1.78. The summed E-state index contributed by atoms with van der Waals surface area (Å²) >= 11 is 0. The summed E-state index contributed by atoms with van der Waals surface area (Å²) in [6.45, 7) is 0.915. The lowest BCUT2D eigenvalue weighted by molar-refractivity contribution is 0.111. The molecule has 2 N–H and O–H groups in total. The number of aliphatic hydroxyl groups is 1. The average molecular weight is 205 g/mol. The largest absolute Gasteiger partial charge is 0.393 e. The van der Waals surface area contributed by atoms with Crippen molar-refractivity contribution in [2.45, 2.75) is 44.4 Å². The Morgan fingerprint density at radius 2 is 2.00 bits per heavy atom. The Morgan fingerprint density at radius 1 is 1.20 bits per heavy atom. The molecule has 0 bridgehead atoms. The van der Waals surface area contributed by atoms with Gasteiger partial charge in [-0.25, -0.2) is 0 Å². The van der Waals surface area contributed by atoms with E-state index in [1.807, 2.05) is 6.07 Å². The summed E-state index contributed by atoms with van der Waals surface area (Å²) in [6, 6.07) is 10.9. The molecule has 1 aromatic carbocycles. The van der Waals surface area contributed by atoms with Crippen LogP contribution in [0.25, 0.3) is 0 Å². The highest BCUT2D eigenvalue weighted by Crippen LogP contribution is 2.18. The monoisotopic (exact) mass is 205 g/mol. The maximum atomic E-state index is 9.54. The van der Waals surface area contributed by atoms with Gasteiger partial charge in [0.05, 0.1) is 6.10 Å². The second-order valence-corrected chi connectivity index (χ2v) is 4.38. The molecule has 0 aliphatic heterocycles. The standard InChI is InChI=1S/C13H19NO/c15-13-8-4-7-12(9-13)14-10-11-5-2-1-3-6-11/h1-3,5-6,12-15H,4,7-10H2. The molecule has 0 spiro atoms. The first-order valence-corrected chi connectivity index (χ1v) is 5.80. The minimum absolute atomic E-state index is 0.0907. The van der Waals surface area contributed by atoms with Crippen molar-refractivity contribution >= 4 is 0 Å². The van der Waals surface area contributed by atoms with Gasteiger partial charge in [-0.1, -0.05) is 30.3 Å². The third-order valence-corrected chi connectivity index (χ3v) is 3.08. The van der Waals surface area contributed by atoms with Gasteiger partial charge in [-0.2, -0.15) is 0 Å². The van der Waals surface area contributed by atoms with E-state index < -0.39 is 0 Å². The van der Waals surface area contributed by atoms with Gasteiger partial charge in [-0.15, -0.1) is 0 Å². The SMILES string of the molecule is OC1CCCC(NCc2ccccc2)C1. The van der Waals surface area contributed by atoms with Gasteiger partial charge in [0.25, 0.3) is 0 Å². The van der Waals surface area contributed by atoms with Crippen molar-refractivity contribution in [3.05, 3.63) is 35.9 Å². The van der Waals surface area contributed by atoms with Crippen LogP contribution in [-0.2, 0) is 6.54 Å². The Hall–Kier alpha value is -0.860. The van der Waals surface area contributed by atoms with Gasteiger partial charge >= 0.3 is 0 Å². The first kappa shape index (κ1) is 10.7. The predicted molar refractivity (Wildman–Crippen MR) is 61.5 cm³/mol. The second-order valence-electron chi connectivity index (χ2n) is 4.38. The highest BCUT2D eigenvalue weighted by molar-refractivity contribution is 5.14. The molecule has 15 heavy (non-hydrogen) atoms. The third-order valence-electron chi connectivity index (χ3n) is 3.08. The van der Waals surface area contributed by atoms with Crippen molar-refractivity contribution in [2.24, 2.45) is 0 Å². The van der Waals surface area contributed by atoms with Crippen LogP contribution in [0.2, 0.25) is 0 Å². The molecule has 2 unspecified atom stereocenters. The molecular weight excluding hydrogens is 186 g/mol. The van der Waals surface area contributed by atoms with E-state index in [2.05, 4.69) is 29.6 Å². The Bertz CT molecular complexity index is 286. The van der Waals surface area contributed by atoms with Gasteiger partial charge in [-0.3, -0.25) is 0 Å². The zero-order valence-electron chi connectivity index (χ0n) is 9.02. The predicted octanol–water partition coefficient (Wildman–Crippen LogP) is 2.08. The van der Waals surface area contributed by atoms with Gasteiger partial charge in [0.2, 0.25) is 0 Å². The summed E-state index contributed by atoms with van der Waals surface area (Å²) in [6.07, 6.45) is 4.14. The first-order valence-electron chi connectivity index (χ1n) is 5.80. The van der Waals surface area contributed by atoms with E-state index in [0.717, 1.165) is 25.8 Å². The highest BCUT2D eigenvalue weighted by Gasteiger charge is 2.19. The lowest BCUT2D eigenvalue weighted by Crippen LogP contribution is -2.35.